The minimum Gasteiger partial charge on any atom is -0.476 e. The Bertz CT molecular complexity index is 1690. The van der Waals surface area contributed by atoms with Crippen LogP contribution in [-0.4, -0.2) is 53.1 Å². The van der Waals surface area contributed by atoms with E-state index in [-0.39, 0.29) is 5.69 Å². The van der Waals surface area contributed by atoms with Crippen molar-refractivity contribution in [3.8, 4) is 11.1 Å². The monoisotopic (exact) mass is 569 g/mol. The molecule has 5 aromatic heterocycles. The van der Waals surface area contributed by atoms with Crippen LogP contribution < -0.4 is 10.2 Å². The maximum Gasteiger partial charge on any atom is 0.355 e. The number of carboxylic acid groups (broad SMARTS) is 1. The molecule has 0 atom stereocenters. The first-order valence-corrected chi connectivity index (χ1v) is 14.5. The Balaban J connectivity index is 1.23. The van der Waals surface area contributed by atoms with Crippen molar-refractivity contribution in [2.45, 2.75) is 52.5 Å². The minimum absolute atomic E-state index is 0.0259. The third-order valence-electron chi connectivity index (χ3n) is 7.68. The molecule has 0 spiro atoms. The summed E-state index contributed by atoms with van der Waals surface area (Å²) in [7, 11) is 1.79. The van der Waals surface area contributed by atoms with Crippen molar-refractivity contribution in [1.29, 1.82) is 0 Å². The van der Waals surface area contributed by atoms with Gasteiger partial charge in [-0.2, -0.15) is 5.10 Å². The van der Waals surface area contributed by atoms with E-state index >= 15 is 0 Å². The second-order valence-corrected chi connectivity index (χ2v) is 11.4. The standard InChI is InChI=1S/C29H31N9O2S/c1-17-14-24(35-36-26(17)34-29-32-22-10-7-13-30-27(22)41-29)37(3)23-12-11-20(25(33-23)28(39)40)21-15-31-38(18(21)2)16-19-8-5-4-6-9-19/h7,10-15,19H,4-6,8-9,16H2,1-3H3,(H,39,40)(H,32,34,36). The number of aryl methyl sites for hydroxylation is 1. The summed E-state index contributed by atoms with van der Waals surface area (Å²) in [5.41, 5.74) is 3.93. The van der Waals surface area contributed by atoms with Crippen molar-refractivity contribution in [3.63, 3.8) is 0 Å². The maximum absolute atomic E-state index is 12.3. The van der Waals surface area contributed by atoms with Crippen LogP contribution in [0.3, 0.4) is 0 Å². The molecule has 11 nitrogen and oxygen atoms in total. The number of nitrogens with zero attached hydrogens (tertiary/aromatic N) is 8. The number of rotatable bonds is 8. The molecule has 1 saturated carbocycles. The second kappa shape index (κ2) is 11.2. The van der Waals surface area contributed by atoms with Crippen LogP contribution in [0.1, 0.15) is 53.8 Å². The van der Waals surface area contributed by atoms with Crippen LogP contribution in [0.5, 0.6) is 0 Å². The summed E-state index contributed by atoms with van der Waals surface area (Å²) in [6, 6.07) is 9.24. The van der Waals surface area contributed by atoms with Gasteiger partial charge in [-0.15, -0.1) is 10.2 Å². The summed E-state index contributed by atoms with van der Waals surface area (Å²) >= 11 is 1.44. The van der Waals surface area contributed by atoms with Gasteiger partial charge in [0.25, 0.3) is 0 Å². The van der Waals surface area contributed by atoms with Gasteiger partial charge in [0.15, 0.2) is 22.5 Å². The fourth-order valence-electron chi connectivity index (χ4n) is 5.33. The van der Waals surface area contributed by atoms with E-state index < -0.39 is 5.97 Å². The number of hydrogen-bond acceptors (Lipinski definition) is 10. The molecule has 0 radical (unpaired) electrons. The van der Waals surface area contributed by atoms with E-state index in [0.717, 1.165) is 33.7 Å². The molecule has 12 heteroatoms. The fraction of sp³-hybridized carbons (Fsp3) is 0.345. The lowest BCUT2D eigenvalue weighted by Gasteiger charge is -2.22. The normalized spacial score (nSPS) is 13.9. The van der Waals surface area contributed by atoms with Crippen LogP contribution in [0, 0.1) is 19.8 Å². The predicted molar refractivity (Wildman–Crippen MR) is 159 cm³/mol. The van der Waals surface area contributed by atoms with Crippen molar-refractivity contribution >= 4 is 50.2 Å². The van der Waals surface area contributed by atoms with Gasteiger partial charge in [0.1, 0.15) is 16.2 Å². The molecular weight excluding hydrogens is 538 g/mol. The van der Waals surface area contributed by atoms with E-state index in [1.54, 1.807) is 36.5 Å². The number of fused-ring (bicyclic) bond motifs is 1. The van der Waals surface area contributed by atoms with Gasteiger partial charge in [0.2, 0.25) is 0 Å². The number of aromatic carboxylic acids is 1. The first-order chi connectivity index (χ1) is 19.9. The summed E-state index contributed by atoms with van der Waals surface area (Å²) in [4.78, 5) is 28.3. The summed E-state index contributed by atoms with van der Waals surface area (Å²) in [6.45, 7) is 4.78. The molecule has 41 heavy (non-hydrogen) atoms. The first kappa shape index (κ1) is 26.8. The predicted octanol–water partition coefficient (Wildman–Crippen LogP) is 6.15. The molecule has 210 valence electrons. The maximum atomic E-state index is 12.3. The lowest BCUT2D eigenvalue weighted by atomic mass is 9.89. The van der Waals surface area contributed by atoms with Gasteiger partial charge in [0, 0.05) is 36.6 Å². The van der Waals surface area contributed by atoms with Crippen LogP contribution >= 0.6 is 11.3 Å². The number of pyridine rings is 2. The van der Waals surface area contributed by atoms with E-state index in [1.807, 2.05) is 36.7 Å². The highest BCUT2D eigenvalue weighted by molar-refractivity contribution is 7.21. The second-order valence-electron chi connectivity index (χ2n) is 10.5. The Hall–Kier alpha value is -4.45. The van der Waals surface area contributed by atoms with E-state index in [0.29, 0.717) is 34.1 Å². The SMILES string of the molecule is Cc1cc(N(C)c2ccc(-c3cnn(CC4CCCCC4)c3C)c(C(=O)O)n2)nnc1Nc1nc2cccnc2s1. The third-order valence-corrected chi connectivity index (χ3v) is 8.58. The number of nitrogens with one attached hydrogen (secondary N) is 1. The highest BCUT2D eigenvalue weighted by atomic mass is 32.1. The molecular formula is C29H31N9O2S. The molecule has 0 aromatic carbocycles. The minimum atomic E-state index is -1.10. The number of thiazole rings is 1. The van der Waals surface area contributed by atoms with Gasteiger partial charge in [-0.1, -0.05) is 30.6 Å². The zero-order valence-electron chi connectivity index (χ0n) is 23.2. The van der Waals surface area contributed by atoms with Crippen molar-refractivity contribution in [2.24, 2.45) is 5.92 Å². The number of carbonyl (C=O) groups is 1. The zero-order valence-corrected chi connectivity index (χ0v) is 24.0. The summed E-state index contributed by atoms with van der Waals surface area (Å²) in [5, 5.41) is 27.3. The topological polar surface area (TPSA) is 135 Å². The molecule has 0 bridgehead atoms. The van der Waals surface area contributed by atoms with Crippen LogP contribution in [0.15, 0.2) is 42.7 Å². The molecule has 1 aliphatic rings. The molecule has 1 fully saturated rings. The number of anilines is 4. The van der Waals surface area contributed by atoms with Crippen LogP contribution in [0.25, 0.3) is 21.5 Å². The highest BCUT2D eigenvalue weighted by Gasteiger charge is 2.22. The summed E-state index contributed by atoms with van der Waals surface area (Å²) < 4.78 is 2.01. The first-order valence-electron chi connectivity index (χ1n) is 13.7. The molecule has 5 aromatic rings. The summed E-state index contributed by atoms with van der Waals surface area (Å²) in [6.07, 6.45) is 9.78. The quantitative estimate of drug-likeness (QED) is 0.224. The average Bonchev–Trinajstić information content (AvgIpc) is 3.56. The molecule has 0 aliphatic heterocycles. The number of aromatic nitrogens is 7. The van der Waals surface area contributed by atoms with Crippen molar-refractivity contribution < 1.29 is 9.90 Å². The molecule has 0 amide bonds. The highest BCUT2D eigenvalue weighted by Crippen LogP contribution is 2.32. The average molecular weight is 570 g/mol. The zero-order chi connectivity index (χ0) is 28.5. The molecule has 0 saturated heterocycles. The van der Waals surface area contributed by atoms with Gasteiger partial charge in [-0.3, -0.25) is 4.68 Å². The van der Waals surface area contributed by atoms with Crippen LogP contribution in [0.2, 0.25) is 0 Å². The Morgan fingerprint density at radius 3 is 2.68 bits per heavy atom. The van der Waals surface area contributed by atoms with Gasteiger partial charge < -0.3 is 15.3 Å². The van der Waals surface area contributed by atoms with Crippen molar-refractivity contribution in [2.75, 3.05) is 17.3 Å². The Labute approximate surface area is 241 Å². The number of hydrogen-bond donors (Lipinski definition) is 2. The van der Waals surface area contributed by atoms with Crippen molar-refractivity contribution in [3.05, 3.63) is 59.7 Å². The van der Waals surface area contributed by atoms with Crippen LogP contribution in [0.4, 0.5) is 22.6 Å². The lowest BCUT2D eigenvalue weighted by molar-refractivity contribution is 0.0691. The van der Waals surface area contributed by atoms with Gasteiger partial charge in [-0.25, -0.2) is 19.7 Å². The fourth-order valence-corrected chi connectivity index (χ4v) is 6.13. The Morgan fingerprint density at radius 2 is 1.93 bits per heavy atom. The van der Waals surface area contributed by atoms with E-state index in [4.69, 9.17) is 0 Å². The van der Waals surface area contributed by atoms with E-state index in [1.165, 1.54) is 43.4 Å². The van der Waals surface area contributed by atoms with Gasteiger partial charge in [-0.05, 0) is 68.5 Å². The smallest absolute Gasteiger partial charge is 0.355 e. The third kappa shape index (κ3) is 5.47. The largest absolute Gasteiger partial charge is 0.476 e. The summed E-state index contributed by atoms with van der Waals surface area (Å²) in [5.74, 6) is 1.09. The molecule has 1 aliphatic carbocycles. The van der Waals surface area contributed by atoms with Crippen LogP contribution in [-0.2, 0) is 6.54 Å². The Morgan fingerprint density at radius 1 is 1.10 bits per heavy atom. The van der Waals surface area contributed by atoms with Gasteiger partial charge >= 0.3 is 5.97 Å². The van der Waals surface area contributed by atoms with Crippen molar-refractivity contribution in [1.82, 2.24) is 34.9 Å². The molecule has 5 heterocycles. The molecule has 6 rings (SSSR count). The lowest BCUT2D eigenvalue weighted by Crippen LogP contribution is -2.17. The number of carboxylic acids is 1. The Kier molecular flexibility index (Phi) is 7.31. The van der Waals surface area contributed by atoms with Gasteiger partial charge in [0.05, 0.1) is 6.20 Å². The van der Waals surface area contributed by atoms with E-state index in [2.05, 4.69) is 35.6 Å². The van der Waals surface area contributed by atoms with E-state index in [9.17, 15) is 9.90 Å². The molecule has 2 N–H and O–H groups in total. The molecule has 0 unspecified atom stereocenters.